The van der Waals surface area contributed by atoms with E-state index in [-0.39, 0.29) is 17.7 Å². The van der Waals surface area contributed by atoms with E-state index >= 15 is 0 Å². The van der Waals surface area contributed by atoms with Crippen LogP contribution in [0.5, 0.6) is 0 Å². The van der Waals surface area contributed by atoms with Gasteiger partial charge in [0.1, 0.15) is 22.8 Å². The minimum atomic E-state index is -0.955. The van der Waals surface area contributed by atoms with E-state index in [4.69, 9.17) is 11.6 Å². The number of likely N-dealkylation sites (N-methyl/N-ethyl adjacent to an activating group) is 1. The molecule has 188 valence electrons. The second kappa shape index (κ2) is 11.6. The van der Waals surface area contributed by atoms with Gasteiger partial charge in [0.2, 0.25) is 17.7 Å². The fourth-order valence-corrected chi connectivity index (χ4v) is 4.78. The van der Waals surface area contributed by atoms with E-state index in [9.17, 15) is 14.4 Å². The van der Waals surface area contributed by atoms with Crippen LogP contribution in [-0.2, 0) is 14.4 Å². The number of hydrogen-bond donors (Lipinski definition) is 3. The highest BCUT2D eigenvalue weighted by Gasteiger charge is 2.39. The molecule has 1 aliphatic rings. The number of nitrogens with zero attached hydrogens (tertiary/aromatic N) is 3. The number of nitrogens with one attached hydrogen (secondary N) is 3. The Kier molecular flexibility index (Phi) is 8.29. The molecule has 1 fully saturated rings. The maximum Gasteiger partial charge on any atom is 0.250 e. The number of rotatable bonds is 8. The molecule has 2 heterocycles. The van der Waals surface area contributed by atoms with Crippen LogP contribution in [0.4, 0.5) is 5.00 Å². The number of aromatic nitrogens is 2. The zero-order valence-corrected chi connectivity index (χ0v) is 21.5. The molecule has 0 radical (unpaired) electrons. The summed E-state index contributed by atoms with van der Waals surface area (Å²) in [4.78, 5) is 41.3. The number of carbonyl (C=O) groups is 3. The van der Waals surface area contributed by atoms with Gasteiger partial charge in [0.15, 0.2) is 0 Å². The van der Waals surface area contributed by atoms with E-state index in [1.807, 2.05) is 30.3 Å². The van der Waals surface area contributed by atoms with Crippen LogP contribution in [0.2, 0.25) is 5.02 Å². The Labute approximate surface area is 218 Å². The first-order valence-electron chi connectivity index (χ1n) is 11.6. The van der Waals surface area contributed by atoms with Crippen molar-refractivity contribution in [2.45, 2.75) is 37.9 Å². The molecule has 3 amide bonds. The van der Waals surface area contributed by atoms with Gasteiger partial charge in [-0.1, -0.05) is 58.6 Å². The molecule has 4 rings (SSSR count). The molecule has 0 bridgehead atoms. The van der Waals surface area contributed by atoms with Crippen molar-refractivity contribution in [1.82, 2.24) is 25.1 Å². The quantitative estimate of drug-likeness (QED) is 0.415. The third kappa shape index (κ3) is 5.72. The van der Waals surface area contributed by atoms with Gasteiger partial charge in [0, 0.05) is 28.7 Å². The highest BCUT2D eigenvalue weighted by molar-refractivity contribution is 7.10. The third-order valence-corrected chi connectivity index (χ3v) is 7.07. The van der Waals surface area contributed by atoms with Crippen LogP contribution in [0.25, 0.3) is 11.3 Å². The molecule has 1 saturated heterocycles. The lowest BCUT2D eigenvalue weighted by atomic mass is 10.0. The van der Waals surface area contributed by atoms with Crippen LogP contribution in [0.15, 0.2) is 54.6 Å². The van der Waals surface area contributed by atoms with Crippen molar-refractivity contribution in [2.75, 3.05) is 18.9 Å². The smallest absolute Gasteiger partial charge is 0.250 e. The van der Waals surface area contributed by atoms with Gasteiger partial charge in [0.25, 0.3) is 0 Å². The van der Waals surface area contributed by atoms with Gasteiger partial charge in [0.05, 0.1) is 6.04 Å². The van der Waals surface area contributed by atoms with Gasteiger partial charge in [-0.05, 0) is 44.5 Å². The summed E-state index contributed by atoms with van der Waals surface area (Å²) >= 11 is 7.12. The summed E-state index contributed by atoms with van der Waals surface area (Å²) in [6.45, 7) is 2.11. The molecular weight excluding hydrogens is 500 g/mol. The molecule has 1 aliphatic heterocycles. The van der Waals surface area contributed by atoms with Crippen LogP contribution in [0.3, 0.4) is 0 Å². The predicted molar refractivity (Wildman–Crippen MR) is 140 cm³/mol. The zero-order chi connectivity index (χ0) is 25.7. The molecule has 36 heavy (non-hydrogen) atoms. The topological polar surface area (TPSA) is 116 Å². The summed E-state index contributed by atoms with van der Waals surface area (Å²) in [5.41, 5.74) is 2.01. The first-order valence-corrected chi connectivity index (χ1v) is 12.8. The Balaban J connectivity index is 1.55. The number of benzene rings is 2. The van der Waals surface area contributed by atoms with E-state index in [1.165, 1.54) is 4.90 Å². The molecule has 2 aromatic carbocycles. The van der Waals surface area contributed by atoms with Gasteiger partial charge in [-0.25, -0.2) is 0 Å². The molecule has 0 unspecified atom stereocenters. The van der Waals surface area contributed by atoms with E-state index < -0.39 is 18.1 Å². The average molecular weight is 527 g/mol. The third-order valence-electron chi connectivity index (χ3n) is 6.17. The van der Waals surface area contributed by atoms with Crippen molar-refractivity contribution in [1.29, 1.82) is 0 Å². The number of anilines is 1. The van der Waals surface area contributed by atoms with Crippen LogP contribution in [0, 0.1) is 0 Å². The molecule has 0 spiro atoms. The molecule has 1 aromatic heterocycles. The number of carbonyl (C=O) groups excluding carboxylic acids is 3. The van der Waals surface area contributed by atoms with Crippen molar-refractivity contribution in [3.63, 3.8) is 0 Å². The fourth-order valence-electron chi connectivity index (χ4n) is 4.06. The highest BCUT2D eigenvalue weighted by Crippen LogP contribution is 2.30. The van der Waals surface area contributed by atoms with Gasteiger partial charge in [-0.3, -0.25) is 14.4 Å². The average Bonchev–Trinajstić information content (AvgIpc) is 3.57. The fraction of sp³-hybridized carbons (Fsp3) is 0.320. The zero-order valence-electron chi connectivity index (χ0n) is 19.9. The first-order chi connectivity index (χ1) is 17.4. The van der Waals surface area contributed by atoms with E-state index in [0.717, 1.165) is 17.1 Å². The largest absolute Gasteiger partial charge is 0.339 e. The Morgan fingerprint density at radius 2 is 1.83 bits per heavy atom. The minimum absolute atomic E-state index is 0.311. The van der Waals surface area contributed by atoms with Crippen molar-refractivity contribution in [3.05, 3.63) is 65.2 Å². The second-order valence-corrected chi connectivity index (χ2v) is 9.69. The Morgan fingerprint density at radius 3 is 2.53 bits per heavy atom. The maximum absolute atomic E-state index is 13.7. The van der Waals surface area contributed by atoms with Crippen LogP contribution in [0.1, 0.15) is 31.4 Å². The Hall–Kier alpha value is -3.34. The summed E-state index contributed by atoms with van der Waals surface area (Å²) in [6, 6.07) is 14.1. The molecule has 11 heteroatoms. The maximum atomic E-state index is 13.7. The molecule has 0 aliphatic carbocycles. The van der Waals surface area contributed by atoms with Crippen LogP contribution < -0.4 is 16.0 Å². The monoisotopic (exact) mass is 526 g/mol. The number of likely N-dealkylation sites (tertiary alicyclic amines) is 1. The summed E-state index contributed by atoms with van der Waals surface area (Å²) in [5.74, 6) is -0.986. The summed E-state index contributed by atoms with van der Waals surface area (Å²) in [5, 5.41) is 13.8. The van der Waals surface area contributed by atoms with Gasteiger partial charge in [-0.15, -0.1) is 5.10 Å². The molecule has 0 saturated carbocycles. The molecule has 9 nitrogen and oxygen atoms in total. The van der Waals surface area contributed by atoms with Crippen LogP contribution in [-0.4, -0.2) is 57.9 Å². The standard InChI is InChI=1S/C25H27ClN6O3S/c1-15(27-2)22(33)28-21(17-10-12-18(26)13-11-17)25(35)32-14-6-9-19(32)23(34)29-24-20(30-31-36-24)16-7-4-3-5-8-16/h3-5,7-8,10-13,15,19,21,27H,6,9,14H2,1-2H3,(H,28,33)(H,29,34)/t15-,19-,21-/m0/s1. The molecular formula is C25H27ClN6O3S. The van der Waals surface area contributed by atoms with Crippen molar-refractivity contribution in [2.24, 2.45) is 0 Å². The first kappa shape index (κ1) is 25.7. The summed E-state index contributed by atoms with van der Waals surface area (Å²) in [6.07, 6.45) is 1.18. The lowest BCUT2D eigenvalue weighted by molar-refractivity contribution is -0.140. The van der Waals surface area contributed by atoms with Gasteiger partial charge >= 0.3 is 0 Å². The lowest BCUT2D eigenvalue weighted by Crippen LogP contribution is -2.51. The Morgan fingerprint density at radius 1 is 1.11 bits per heavy atom. The number of amides is 3. The molecule has 3 atom stereocenters. The van der Waals surface area contributed by atoms with E-state index in [2.05, 4.69) is 25.5 Å². The predicted octanol–water partition coefficient (Wildman–Crippen LogP) is 3.25. The summed E-state index contributed by atoms with van der Waals surface area (Å²) < 4.78 is 4.00. The lowest BCUT2D eigenvalue weighted by Gasteiger charge is -2.29. The van der Waals surface area contributed by atoms with Gasteiger partial charge < -0.3 is 20.9 Å². The highest BCUT2D eigenvalue weighted by atomic mass is 35.5. The summed E-state index contributed by atoms with van der Waals surface area (Å²) in [7, 11) is 1.67. The van der Waals surface area contributed by atoms with Crippen LogP contribution >= 0.6 is 23.1 Å². The number of halogens is 1. The van der Waals surface area contributed by atoms with Crippen molar-refractivity contribution in [3.8, 4) is 11.3 Å². The van der Waals surface area contributed by atoms with Gasteiger partial charge in [-0.2, -0.15) is 0 Å². The van der Waals surface area contributed by atoms with E-state index in [1.54, 1.807) is 38.2 Å². The second-order valence-electron chi connectivity index (χ2n) is 8.50. The minimum Gasteiger partial charge on any atom is -0.339 e. The molecule has 3 N–H and O–H groups in total. The SMILES string of the molecule is CN[C@@H](C)C(=O)N[C@H](C(=O)N1CCC[C@H]1C(=O)Nc1snnc1-c1ccccc1)c1ccc(Cl)cc1. The Bertz CT molecular complexity index is 1220. The number of hydrogen-bond acceptors (Lipinski definition) is 7. The molecule has 3 aromatic rings. The van der Waals surface area contributed by atoms with Crippen molar-refractivity contribution < 1.29 is 14.4 Å². The van der Waals surface area contributed by atoms with Crippen molar-refractivity contribution >= 4 is 45.9 Å². The van der Waals surface area contributed by atoms with E-state index in [0.29, 0.717) is 40.7 Å². The normalized spacial score (nSPS) is 16.9.